The van der Waals surface area contributed by atoms with Crippen molar-refractivity contribution in [2.24, 2.45) is 0 Å². The number of hydrogen-bond acceptors (Lipinski definition) is 27. The standard InChI is InChI=1S/C57H112O27/c1-4-5-59-6-7-60-8-9-61-10-11-62-12-13-63-14-15-64-16-17-65-18-19-66-20-21-67-22-23-68-24-25-69-26-27-70-28-29-71-30-31-72-32-33-73-34-35-74-36-37-75-38-39-76-40-41-77-42-43-78-44-45-79-46-47-80-48-49-81-50-51-82-52-53-83-54-55-84-57(58)56(2)3/h2,4-55H2,1,3H3. The van der Waals surface area contributed by atoms with Crippen LogP contribution in [-0.4, -0.2) is 343 Å². The van der Waals surface area contributed by atoms with Gasteiger partial charge in [0.1, 0.15) is 6.61 Å². The highest BCUT2D eigenvalue weighted by atomic mass is 16.6. The first-order valence-electron chi connectivity index (χ1n) is 29.9. The van der Waals surface area contributed by atoms with E-state index < -0.39 is 5.97 Å². The minimum absolute atomic E-state index is 0.190. The second kappa shape index (κ2) is 77.3. The van der Waals surface area contributed by atoms with Crippen molar-refractivity contribution in [1.82, 2.24) is 0 Å². The zero-order valence-electron chi connectivity index (χ0n) is 51.5. The molecule has 502 valence electrons. The summed E-state index contributed by atoms with van der Waals surface area (Å²) >= 11 is 0. The quantitative estimate of drug-likeness (QED) is 0.0479. The van der Waals surface area contributed by atoms with E-state index >= 15 is 0 Å². The van der Waals surface area contributed by atoms with Gasteiger partial charge < -0.3 is 123 Å². The normalized spacial score (nSPS) is 11.6. The lowest BCUT2D eigenvalue weighted by Crippen LogP contribution is -2.16. The Kier molecular flexibility index (Phi) is 75.7. The smallest absolute Gasteiger partial charge is 0.333 e. The van der Waals surface area contributed by atoms with Crippen molar-refractivity contribution in [2.75, 3.05) is 337 Å². The van der Waals surface area contributed by atoms with Crippen LogP contribution in [0.3, 0.4) is 0 Å². The van der Waals surface area contributed by atoms with Gasteiger partial charge in [0.15, 0.2) is 0 Å². The number of esters is 1. The maximum absolute atomic E-state index is 11.2. The van der Waals surface area contributed by atoms with Gasteiger partial charge >= 0.3 is 5.97 Å². The molecule has 84 heavy (non-hydrogen) atoms. The second-order valence-corrected chi connectivity index (χ2v) is 17.2. The van der Waals surface area contributed by atoms with Gasteiger partial charge in [-0.15, -0.1) is 0 Å². The number of hydrogen-bond donors (Lipinski definition) is 0. The molecule has 0 aromatic rings. The van der Waals surface area contributed by atoms with Gasteiger partial charge in [-0.1, -0.05) is 13.5 Å². The Bertz CT molecular complexity index is 1240. The van der Waals surface area contributed by atoms with Crippen molar-refractivity contribution in [3.63, 3.8) is 0 Å². The molecule has 0 aliphatic rings. The van der Waals surface area contributed by atoms with Crippen LogP contribution in [0, 0.1) is 0 Å². The van der Waals surface area contributed by atoms with Crippen LogP contribution in [0.15, 0.2) is 12.2 Å². The molecule has 0 saturated heterocycles. The average molecular weight is 1230 g/mol. The minimum Gasteiger partial charge on any atom is -0.460 e. The molecule has 0 rings (SSSR count). The predicted molar refractivity (Wildman–Crippen MR) is 307 cm³/mol. The van der Waals surface area contributed by atoms with Crippen molar-refractivity contribution in [1.29, 1.82) is 0 Å². The highest BCUT2D eigenvalue weighted by Gasteiger charge is 2.03. The van der Waals surface area contributed by atoms with E-state index in [2.05, 4.69) is 13.5 Å². The van der Waals surface area contributed by atoms with Crippen LogP contribution in [0.4, 0.5) is 0 Å². The number of carbonyl (C=O) groups excluding carboxylic acids is 1. The molecule has 0 heterocycles. The van der Waals surface area contributed by atoms with Crippen LogP contribution in [0.5, 0.6) is 0 Å². The van der Waals surface area contributed by atoms with Crippen LogP contribution in [0.2, 0.25) is 0 Å². The van der Waals surface area contributed by atoms with Gasteiger partial charge in [-0.25, -0.2) is 4.79 Å². The van der Waals surface area contributed by atoms with Gasteiger partial charge in [0.2, 0.25) is 0 Å². The first-order valence-corrected chi connectivity index (χ1v) is 29.9. The Hall–Kier alpha value is -1.79. The van der Waals surface area contributed by atoms with Crippen molar-refractivity contribution >= 4 is 5.97 Å². The van der Waals surface area contributed by atoms with Gasteiger partial charge in [-0.2, -0.15) is 0 Å². The predicted octanol–water partition coefficient (Wildman–Crippen LogP) is 1.93. The third kappa shape index (κ3) is 76.3. The molecule has 0 aliphatic heterocycles. The third-order valence-corrected chi connectivity index (χ3v) is 10.1. The number of carbonyl (C=O) groups is 1. The first kappa shape index (κ1) is 82.2. The molecule has 0 aromatic carbocycles. The summed E-state index contributed by atoms with van der Waals surface area (Å²) in [5.74, 6) is -0.419. The summed E-state index contributed by atoms with van der Waals surface area (Å²) in [4.78, 5) is 11.2. The van der Waals surface area contributed by atoms with Gasteiger partial charge in [0.05, 0.1) is 324 Å². The molecule has 0 aliphatic carbocycles. The van der Waals surface area contributed by atoms with Crippen molar-refractivity contribution in [3.05, 3.63) is 12.2 Å². The van der Waals surface area contributed by atoms with Crippen LogP contribution < -0.4 is 0 Å². The molecular formula is C57H112O27. The second-order valence-electron chi connectivity index (χ2n) is 17.2. The summed E-state index contributed by atoms with van der Waals surface area (Å²) in [6.07, 6.45) is 1.02. The number of rotatable bonds is 78. The van der Waals surface area contributed by atoms with E-state index in [-0.39, 0.29) is 6.61 Å². The van der Waals surface area contributed by atoms with E-state index in [1.54, 1.807) is 6.92 Å². The lowest BCUT2D eigenvalue weighted by molar-refractivity contribution is -0.140. The summed E-state index contributed by atoms with van der Waals surface area (Å²) in [6, 6.07) is 0. The summed E-state index contributed by atoms with van der Waals surface area (Å²) in [5, 5.41) is 0. The molecule has 0 aromatic heterocycles. The topological polar surface area (TPSA) is 257 Å². The van der Waals surface area contributed by atoms with E-state index in [0.29, 0.717) is 329 Å². The molecule has 0 bridgehead atoms. The van der Waals surface area contributed by atoms with Crippen molar-refractivity contribution in [2.45, 2.75) is 20.3 Å². The monoisotopic (exact) mass is 1230 g/mol. The minimum atomic E-state index is -0.419. The summed E-state index contributed by atoms with van der Waals surface area (Å²) in [7, 11) is 0. The van der Waals surface area contributed by atoms with Gasteiger partial charge in [0.25, 0.3) is 0 Å². The Morgan fingerprint density at radius 2 is 0.286 bits per heavy atom. The molecule has 0 atom stereocenters. The summed E-state index contributed by atoms with van der Waals surface area (Å²) in [6.45, 7) is 32.0. The SMILES string of the molecule is C=C(C)C(=O)OCCOCCOCCOCCOCCOCCOCCOCCOCCOCCOCCOCCOCCOCCOCCOCCOCCOCCOCCOCCOCCOCCOCCOCCOCCOCCC. The lowest BCUT2D eigenvalue weighted by Gasteiger charge is -2.09. The largest absolute Gasteiger partial charge is 0.460 e. The molecule has 0 unspecified atom stereocenters. The van der Waals surface area contributed by atoms with E-state index in [1.165, 1.54) is 0 Å². The zero-order chi connectivity index (χ0) is 60.3. The molecule has 27 nitrogen and oxygen atoms in total. The highest BCUT2D eigenvalue weighted by Crippen LogP contribution is 1.94. The fraction of sp³-hybridized carbons (Fsp3) is 0.947. The van der Waals surface area contributed by atoms with E-state index in [1.807, 2.05) is 0 Å². The van der Waals surface area contributed by atoms with Gasteiger partial charge in [-0.05, 0) is 13.3 Å². The molecular weight excluding hydrogens is 1120 g/mol. The molecule has 0 N–H and O–H groups in total. The van der Waals surface area contributed by atoms with Crippen LogP contribution in [-0.2, 0) is 128 Å². The maximum atomic E-state index is 11.2. The molecule has 0 fully saturated rings. The van der Waals surface area contributed by atoms with Crippen LogP contribution in [0.25, 0.3) is 0 Å². The van der Waals surface area contributed by atoms with Crippen LogP contribution >= 0.6 is 0 Å². The fourth-order valence-corrected chi connectivity index (χ4v) is 5.84. The van der Waals surface area contributed by atoms with E-state index in [4.69, 9.17) is 123 Å². The van der Waals surface area contributed by atoms with E-state index in [9.17, 15) is 4.79 Å². The third-order valence-electron chi connectivity index (χ3n) is 10.1. The fourth-order valence-electron chi connectivity index (χ4n) is 5.84. The Morgan fingerprint density at radius 3 is 0.381 bits per heavy atom. The van der Waals surface area contributed by atoms with Gasteiger partial charge in [0, 0.05) is 12.2 Å². The summed E-state index contributed by atoms with van der Waals surface area (Å²) in [5.41, 5.74) is 0.364. The zero-order valence-corrected chi connectivity index (χ0v) is 51.5. The lowest BCUT2D eigenvalue weighted by atomic mass is 10.4. The average Bonchev–Trinajstić information content (AvgIpc) is 3.49. The molecule has 0 amide bonds. The van der Waals surface area contributed by atoms with Crippen molar-refractivity contribution in [3.8, 4) is 0 Å². The maximum Gasteiger partial charge on any atom is 0.333 e. The van der Waals surface area contributed by atoms with Crippen LogP contribution in [0.1, 0.15) is 20.3 Å². The Balaban J connectivity index is 3.09. The van der Waals surface area contributed by atoms with Crippen molar-refractivity contribution < 1.29 is 128 Å². The first-order chi connectivity index (χ1) is 41.7. The van der Waals surface area contributed by atoms with E-state index in [0.717, 1.165) is 13.0 Å². The molecule has 0 radical (unpaired) electrons. The van der Waals surface area contributed by atoms with Gasteiger partial charge in [-0.3, -0.25) is 0 Å². The number of ether oxygens (including phenoxy) is 26. The Labute approximate surface area is 502 Å². The summed E-state index contributed by atoms with van der Waals surface area (Å²) < 4.78 is 142. The molecule has 0 spiro atoms. The highest BCUT2D eigenvalue weighted by molar-refractivity contribution is 5.86. The molecule has 0 saturated carbocycles. The molecule has 27 heteroatoms. The Morgan fingerprint density at radius 1 is 0.190 bits per heavy atom.